The van der Waals surface area contributed by atoms with E-state index in [1.807, 2.05) is 31.2 Å². The van der Waals surface area contributed by atoms with Crippen molar-refractivity contribution in [3.8, 4) is 11.5 Å². The first-order chi connectivity index (χ1) is 15.5. The van der Waals surface area contributed by atoms with Crippen LogP contribution in [0.5, 0.6) is 11.5 Å². The van der Waals surface area contributed by atoms with E-state index in [0.717, 1.165) is 5.56 Å². The highest BCUT2D eigenvalue weighted by molar-refractivity contribution is 5.94. The average molecular weight is 433 g/mol. The molecule has 0 unspecified atom stereocenters. The van der Waals surface area contributed by atoms with E-state index < -0.39 is 5.97 Å². The Morgan fingerprint density at radius 1 is 1.03 bits per heavy atom. The third kappa shape index (κ3) is 6.09. The van der Waals surface area contributed by atoms with Crippen LogP contribution in [0.4, 0.5) is 11.4 Å². The summed E-state index contributed by atoms with van der Waals surface area (Å²) in [5, 5.41) is 16.1. The first-order valence-corrected chi connectivity index (χ1v) is 9.75. The van der Waals surface area contributed by atoms with Gasteiger partial charge in [0.05, 0.1) is 24.6 Å². The van der Waals surface area contributed by atoms with Crippen molar-refractivity contribution in [2.75, 3.05) is 24.5 Å². The maximum atomic E-state index is 12.1. The highest BCUT2D eigenvalue weighted by atomic mass is 16.5. The minimum absolute atomic E-state index is 0.120. The molecule has 1 amide bonds. The highest BCUT2D eigenvalue weighted by Crippen LogP contribution is 2.27. The van der Waals surface area contributed by atoms with Gasteiger partial charge in [0.25, 0.3) is 5.91 Å². The molecule has 0 aromatic heterocycles. The maximum Gasteiger partial charge on any atom is 0.337 e. The van der Waals surface area contributed by atoms with Crippen LogP contribution in [-0.2, 0) is 4.79 Å². The van der Waals surface area contributed by atoms with Gasteiger partial charge in [-0.1, -0.05) is 29.8 Å². The number of anilines is 2. The number of hydrazone groups is 1. The molecule has 164 valence electrons. The molecular weight excluding hydrogens is 410 g/mol. The van der Waals surface area contributed by atoms with E-state index in [9.17, 15) is 14.7 Å². The molecule has 0 bridgehead atoms. The quantitative estimate of drug-likeness (QED) is 0.345. The number of para-hydroxylation sites is 1. The van der Waals surface area contributed by atoms with Crippen LogP contribution in [0.25, 0.3) is 0 Å². The summed E-state index contributed by atoms with van der Waals surface area (Å²) in [6, 6.07) is 19.1. The van der Waals surface area contributed by atoms with Crippen molar-refractivity contribution < 1.29 is 24.2 Å². The van der Waals surface area contributed by atoms with Crippen LogP contribution < -0.4 is 20.2 Å². The van der Waals surface area contributed by atoms with Crippen LogP contribution in [0.3, 0.4) is 0 Å². The number of hydrogen-bond acceptors (Lipinski definition) is 6. The van der Waals surface area contributed by atoms with E-state index in [2.05, 4.69) is 15.8 Å². The van der Waals surface area contributed by atoms with Gasteiger partial charge in [-0.15, -0.1) is 0 Å². The van der Waals surface area contributed by atoms with Gasteiger partial charge in [0.15, 0.2) is 18.1 Å². The number of hydrogen-bond donors (Lipinski definition) is 3. The summed E-state index contributed by atoms with van der Waals surface area (Å²) >= 11 is 0. The molecule has 0 aliphatic carbocycles. The Morgan fingerprint density at radius 2 is 1.78 bits per heavy atom. The van der Waals surface area contributed by atoms with Crippen LogP contribution in [0.1, 0.15) is 21.5 Å². The molecule has 0 radical (unpaired) electrons. The number of carbonyl (C=O) groups is 2. The van der Waals surface area contributed by atoms with Crippen molar-refractivity contribution in [1.82, 2.24) is 0 Å². The number of nitrogens with one attached hydrogen (secondary N) is 2. The van der Waals surface area contributed by atoms with Gasteiger partial charge in [-0.2, -0.15) is 5.10 Å². The van der Waals surface area contributed by atoms with Crippen LogP contribution in [-0.4, -0.2) is 36.9 Å². The van der Waals surface area contributed by atoms with Gasteiger partial charge in [-0.3, -0.25) is 10.2 Å². The Bertz CT molecular complexity index is 1130. The van der Waals surface area contributed by atoms with Crippen LogP contribution in [0.15, 0.2) is 71.8 Å². The standard InChI is InChI=1S/C24H23N3O5/c1-16-7-10-18(11-8-16)26-23(28)15-32-21-12-9-17(13-22(21)31-2)14-25-27-20-6-4-3-5-19(20)24(29)30/h3-14,27H,15H2,1-2H3,(H,26,28)(H,29,30)/b25-14+. The number of aryl methyl sites for hydroxylation is 1. The molecule has 3 aromatic carbocycles. The summed E-state index contributed by atoms with van der Waals surface area (Å²) in [5.41, 5.74) is 5.72. The van der Waals surface area contributed by atoms with Crippen molar-refractivity contribution in [3.05, 3.63) is 83.4 Å². The molecule has 0 heterocycles. The van der Waals surface area contributed by atoms with Gasteiger partial charge in [0.2, 0.25) is 0 Å². The van der Waals surface area contributed by atoms with Crippen LogP contribution in [0, 0.1) is 6.92 Å². The number of ether oxygens (including phenoxy) is 2. The lowest BCUT2D eigenvalue weighted by Gasteiger charge is -2.11. The van der Waals surface area contributed by atoms with Gasteiger partial charge in [0.1, 0.15) is 0 Å². The molecule has 3 N–H and O–H groups in total. The largest absolute Gasteiger partial charge is 0.493 e. The maximum absolute atomic E-state index is 12.1. The van der Waals surface area contributed by atoms with Crippen LogP contribution >= 0.6 is 0 Å². The van der Waals surface area contributed by atoms with E-state index >= 15 is 0 Å². The summed E-state index contributed by atoms with van der Waals surface area (Å²) < 4.78 is 10.9. The number of carbonyl (C=O) groups excluding carboxylic acids is 1. The predicted molar refractivity (Wildman–Crippen MR) is 123 cm³/mol. The number of carboxylic acids is 1. The van der Waals surface area contributed by atoms with Crippen molar-refractivity contribution in [1.29, 1.82) is 0 Å². The monoisotopic (exact) mass is 433 g/mol. The summed E-state index contributed by atoms with van der Waals surface area (Å²) in [4.78, 5) is 23.4. The van der Waals surface area contributed by atoms with Gasteiger partial charge >= 0.3 is 5.97 Å². The summed E-state index contributed by atoms with van der Waals surface area (Å²) in [6.07, 6.45) is 1.52. The zero-order valence-corrected chi connectivity index (χ0v) is 17.7. The first kappa shape index (κ1) is 22.4. The number of nitrogens with zero attached hydrogens (tertiary/aromatic N) is 1. The molecule has 3 rings (SSSR count). The fourth-order valence-corrected chi connectivity index (χ4v) is 2.80. The van der Waals surface area contributed by atoms with Gasteiger partial charge in [-0.05, 0) is 55.0 Å². The fourth-order valence-electron chi connectivity index (χ4n) is 2.80. The Labute approximate surface area is 185 Å². The lowest BCUT2D eigenvalue weighted by Crippen LogP contribution is -2.20. The van der Waals surface area contributed by atoms with Gasteiger partial charge in [0, 0.05) is 5.69 Å². The van der Waals surface area contributed by atoms with E-state index in [1.165, 1.54) is 19.4 Å². The van der Waals surface area contributed by atoms with Crippen LogP contribution in [0.2, 0.25) is 0 Å². The molecule has 0 spiro atoms. The Balaban J connectivity index is 1.60. The topological polar surface area (TPSA) is 109 Å². The van der Waals surface area contributed by atoms with Gasteiger partial charge in [-0.25, -0.2) is 4.79 Å². The molecule has 0 saturated carbocycles. The molecular formula is C24H23N3O5. The van der Waals surface area contributed by atoms with Crippen molar-refractivity contribution in [2.45, 2.75) is 6.92 Å². The molecule has 0 aliphatic heterocycles. The second-order valence-electron chi connectivity index (χ2n) is 6.83. The fraction of sp³-hybridized carbons (Fsp3) is 0.125. The minimum atomic E-state index is -1.04. The molecule has 32 heavy (non-hydrogen) atoms. The molecule has 8 nitrogen and oxygen atoms in total. The number of amides is 1. The van der Waals surface area contributed by atoms with E-state index in [0.29, 0.717) is 28.4 Å². The number of aromatic carboxylic acids is 1. The van der Waals surface area contributed by atoms with Crippen molar-refractivity contribution in [2.24, 2.45) is 5.10 Å². The SMILES string of the molecule is COc1cc(/C=N/Nc2ccccc2C(=O)O)ccc1OCC(=O)Nc1ccc(C)cc1. The Morgan fingerprint density at radius 3 is 2.50 bits per heavy atom. The van der Waals surface area contributed by atoms with Gasteiger partial charge < -0.3 is 19.9 Å². The summed E-state index contributed by atoms with van der Waals surface area (Å²) in [7, 11) is 1.50. The Kier molecular flexibility index (Phi) is 7.42. The smallest absolute Gasteiger partial charge is 0.337 e. The third-order valence-electron chi connectivity index (χ3n) is 4.44. The highest BCUT2D eigenvalue weighted by Gasteiger charge is 2.10. The average Bonchev–Trinajstić information content (AvgIpc) is 2.79. The van der Waals surface area contributed by atoms with Crippen molar-refractivity contribution in [3.63, 3.8) is 0 Å². The van der Waals surface area contributed by atoms with Crippen molar-refractivity contribution >= 4 is 29.5 Å². The normalized spacial score (nSPS) is 10.6. The number of benzene rings is 3. The lowest BCUT2D eigenvalue weighted by molar-refractivity contribution is -0.118. The van der Waals surface area contributed by atoms with E-state index in [-0.39, 0.29) is 18.1 Å². The number of methoxy groups -OCH3 is 1. The summed E-state index contributed by atoms with van der Waals surface area (Å²) in [6.45, 7) is 1.80. The summed E-state index contributed by atoms with van der Waals surface area (Å²) in [5.74, 6) is -0.489. The van der Waals surface area contributed by atoms with E-state index in [4.69, 9.17) is 9.47 Å². The predicted octanol–water partition coefficient (Wildman–Crippen LogP) is 4.17. The second-order valence-corrected chi connectivity index (χ2v) is 6.83. The molecule has 3 aromatic rings. The number of rotatable bonds is 9. The molecule has 0 fully saturated rings. The molecule has 8 heteroatoms. The Hall–Kier alpha value is -4.33. The zero-order valence-electron chi connectivity index (χ0n) is 17.7. The molecule has 0 aliphatic rings. The molecule has 0 atom stereocenters. The minimum Gasteiger partial charge on any atom is -0.493 e. The second kappa shape index (κ2) is 10.6. The molecule has 0 saturated heterocycles. The first-order valence-electron chi connectivity index (χ1n) is 9.75. The lowest BCUT2D eigenvalue weighted by atomic mass is 10.2. The number of carboxylic acid groups (broad SMARTS) is 1. The van der Waals surface area contributed by atoms with E-state index in [1.54, 1.807) is 36.4 Å². The third-order valence-corrected chi connectivity index (χ3v) is 4.44. The zero-order chi connectivity index (χ0) is 22.9.